The summed E-state index contributed by atoms with van der Waals surface area (Å²) in [7, 11) is 0. The number of nitrogens with zero attached hydrogens (tertiary/aromatic N) is 1. The molecule has 0 radical (unpaired) electrons. The third-order valence-electron chi connectivity index (χ3n) is 5.54. The molecular weight excluding hydrogens is 250 g/mol. The molecule has 0 N–H and O–H groups in total. The third-order valence-corrected chi connectivity index (χ3v) is 5.54. The first-order chi connectivity index (χ1) is 9.72. The summed E-state index contributed by atoms with van der Waals surface area (Å²) in [6.45, 7) is 2.06. The van der Waals surface area contributed by atoms with E-state index in [1.807, 2.05) is 24.3 Å². The van der Waals surface area contributed by atoms with E-state index in [9.17, 15) is 9.59 Å². The Bertz CT molecular complexity index is 566. The quantitative estimate of drug-likeness (QED) is 0.774. The van der Waals surface area contributed by atoms with Crippen molar-refractivity contribution in [3.8, 4) is 0 Å². The number of amides is 2. The average Bonchev–Trinajstić information content (AvgIpc) is 3.13. The Morgan fingerprint density at radius 1 is 1.05 bits per heavy atom. The topological polar surface area (TPSA) is 37.4 Å². The molecule has 3 aliphatic rings. The molecule has 3 heteroatoms. The zero-order valence-corrected chi connectivity index (χ0v) is 11.7. The van der Waals surface area contributed by atoms with Gasteiger partial charge in [0.2, 0.25) is 11.8 Å². The Kier molecular flexibility index (Phi) is 2.53. The van der Waals surface area contributed by atoms with E-state index in [1.165, 1.54) is 4.90 Å². The number of anilines is 1. The molecule has 4 rings (SSSR count). The minimum atomic E-state index is -0.0221. The zero-order valence-electron chi connectivity index (χ0n) is 11.7. The van der Waals surface area contributed by atoms with Crippen molar-refractivity contribution < 1.29 is 9.59 Å². The van der Waals surface area contributed by atoms with Crippen LogP contribution in [-0.2, 0) is 16.0 Å². The predicted octanol–water partition coefficient (Wildman–Crippen LogP) is 2.78. The zero-order chi connectivity index (χ0) is 13.9. The molecule has 1 saturated heterocycles. The van der Waals surface area contributed by atoms with Crippen LogP contribution < -0.4 is 4.90 Å². The predicted molar refractivity (Wildman–Crippen MR) is 76.1 cm³/mol. The average molecular weight is 269 g/mol. The van der Waals surface area contributed by atoms with E-state index in [4.69, 9.17) is 0 Å². The van der Waals surface area contributed by atoms with Crippen LogP contribution in [0.2, 0.25) is 0 Å². The number of rotatable bonds is 2. The van der Waals surface area contributed by atoms with Gasteiger partial charge in [0, 0.05) is 0 Å². The van der Waals surface area contributed by atoms with Gasteiger partial charge in [-0.1, -0.05) is 25.1 Å². The Morgan fingerprint density at radius 3 is 2.25 bits per heavy atom. The summed E-state index contributed by atoms with van der Waals surface area (Å²) in [6, 6.07) is 7.81. The van der Waals surface area contributed by atoms with Crippen LogP contribution in [0.25, 0.3) is 0 Å². The van der Waals surface area contributed by atoms with Crippen LogP contribution in [0.15, 0.2) is 24.3 Å². The van der Waals surface area contributed by atoms with Crippen molar-refractivity contribution in [1.82, 2.24) is 0 Å². The summed E-state index contributed by atoms with van der Waals surface area (Å²) in [5.74, 6) is 0.999. The molecule has 1 heterocycles. The maximum absolute atomic E-state index is 12.8. The number of benzene rings is 1. The van der Waals surface area contributed by atoms with Crippen molar-refractivity contribution in [2.24, 2.45) is 23.7 Å². The van der Waals surface area contributed by atoms with E-state index in [0.29, 0.717) is 11.8 Å². The van der Waals surface area contributed by atoms with Gasteiger partial charge < -0.3 is 0 Å². The fourth-order valence-electron chi connectivity index (χ4n) is 4.67. The molecule has 0 unspecified atom stereocenters. The number of hydrogen-bond donors (Lipinski definition) is 0. The molecule has 4 atom stereocenters. The maximum atomic E-state index is 12.8. The number of para-hydroxylation sites is 1. The second-order valence-corrected chi connectivity index (χ2v) is 6.38. The highest BCUT2D eigenvalue weighted by Gasteiger charge is 2.61. The van der Waals surface area contributed by atoms with Crippen molar-refractivity contribution in [2.45, 2.75) is 32.6 Å². The van der Waals surface area contributed by atoms with Crippen LogP contribution in [0, 0.1) is 23.7 Å². The van der Waals surface area contributed by atoms with Gasteiger partial charge in [0.15, 0.2) is 0 Å². The molecule has 2 bridgehead atoms. The maximum Gasteiger partial charge on any atom is 0.237 e. The van der Waals surface area contributed by atoms with Gasteiger partial charge in [-0.15, -0.1) is 0 Å². The third kappa shape index (κ3) is 1.41. The lowest BCUT2D eigenvalue weighted by atomic mass is 9.81. The highest BCUT2D eigenvalue weighted by Crippen LogP contribution is 2.56. The van der Waals surface area contributed by atoms with Crippen molar-refractivity contribution in [2.75, 3.05) is 4.90 Å². The van der Waals surface area contributed by atoms with Crippen LogP contribution in [-0.4, -0.2) is 11.8 Å². The van der Waals surface area contributed by atoms with E-state index < -0.39 is 0 Å². The van der Waals surface area contributed by atoms with Gasteiger partial charge in [0.1, 0.15) is 0 Å². The lowest BCUT2D eigenvalue weighted by molar-refractivity contribution is -0.123. The number of fused-ring (bicyclic) bond motifs is 5. The smallest absolute Gasteiger partial charge is 0.237 e. The minimum absolute atomic E-state index is 0.0221. The highest BCUT2D eigenvalue weighted by molar-refractivity contribution is 6.22. The van der Waals surface area contributed by atoms with Crippen molar-refractivity contribution in [3.05, 3.63) is 29.8 Å². The Hall–Kier alpha value is -1.64. The second-order valence-electron chi connectivity index (χ2n) is 6.38. The molecule has 3 fully saturated rings. The number of carbonyl (C=O) groups excluding carboxylic acids is 2. The van der Waals surface area contributed by atoms with Crippen LogP contribution in [0.1, 0.15) is 31.7 Å². The monoisotopic (exact) mass is 269 g/mol. The second kappa shape index (κ2) is 4.18. The molecule has 20 heavy (non-hydrogen) atoms. The van der Waals surface area contributed by atoms with Crippen molar-refractivity contribution >= 4 is 17.5 Å². The Balaban J connectivity index is 1.77. The van der Waals surface area contributed by atoms with E-state index >= 15 is 0 Å². The number of hydrogen-bond acceptors (Lipinski definition) is 2. The van der Waals surface area contributed by atoms with E-state index in [0.717, 1.165) is 36.9 Å². The number of carbonyl (C=O) groups is 2. The Labute approximate surface area is 119 Å². The molecule has 1 aromatic carbocycles. The first-order valence-corrected chi connectivity index (χ1v) is 7.68. The molecule has 0 spiro atoms. The summed E-state index contributed by atoms with van der Waals surface area (Å²) in [6.07, 6.45) is 4.20. The van der Waals surface area contributed by atoms with Gasteiger partial charge in [-0.3, -0.25) is 9.59 Å². The van der Waals surface area contributed by atoms with Crippen molar-refractivity contribution in [1.29, 1.82) is 0 Å². The highest BCUT2D eigenvalue weighted by atomic mass is 16.2. The number of imide groups is 1. The van der Waals surface area contributed by atoms with Crippen LogP contribution >= 0.6 is 0 Å². The van der Waals surface area contributed by atoms with Gasteiger partial charge >= 0.3 is 0 Å². The molecule has 2 amide bonds. The van der Waals surface area contributed by atoms with Crippen LogP contribution in [0.3, 0.4) is 0 Å². The van der Waals surface area contributed by atoms with Gasteiger partial charge in [0.25, 0.3) is 0 Å². The molecule has 1 aromatic rings. The summed E-state index contributed by atoms with van der Waals surface area (Å²) in [5.41, 5.74) is 1.90. The summed E-state index contributed by atoms with van der Waals surface area (Å²) >= 11 is 0. The van der Waals surface area contributed by atoms with Crippen LogP contribution in [0.5, 0.6) is 0 Å². The van der Waals surface area contributed by atoms with Gasteiger partial charge in [0.05, 0.1) is 17.5 Å². The summed E-state index contributed by atoms with van der Waals surface area (Å²) < 4.78 is 0. The first kappa shape index (κ1) is 12.1. The molecule has 104 valence electrons. The van der Waals surface area contributed by atoms with Crippen LogP contribution in [0.4, 0.5) is 5.69 Å². The molecule has 1 aliphatic heterocycles. The van der Waals surface area contributed by atoms with E-state index in [1.54, 1.807) is 0 Å². The molecule has 2 aliphatic carbocycles. The molecular formula is C17H19NO2. The van der Waals surface area contributed by atoms with Crippen molar-refractivity contribution in [3.63, 3.8) is 0 Å². The fraction of sp³-hybridized carbons (Fsp3) is 0.529. The van der Waals surface area contributed by atoms with E-state index in [2.05, 4.69) is 6.92 Å². The molecule has 3 nitrogen and oxygen atoms in total. The molecule has 2 saturated carbocycles. The SMILES string of the molecule is CCc1ccccc1N1C(=O)[C@@H]2[C@@H]3CC[C@H](C3)[C@@H]2C1=O. The lowest BCUT2D eigenvalue weighted by Crippen LogP contribution is -2.33. The standard InChI is InChI=1S/C17H19NO2/c1-2-10-5-3-4-6-13(10)18-16(19)14-11-7-8-12(9-11)15(14)17(18)20/h3-6,11-12,14-15H,2,7-9H2,1H3/t11-,12-,14-,15+/m1/s1. The summed E-state index contributed by atoms with van der Waals surface area (Å²) in [5, 5.41) is 0. The first-order valence-electron chi connectivity index (χ1n) is 7.68. The van der Waals surface area contributed by atoms with E-state index in [-0.39, 0.29) is 23.7 Å². The normalized spacial score (nSPS) is 35.0. The summed E-state index contributed by atoms with van der Waals surface area (Å²) in [4.78, 5) is 27.0. The van der Waals surface area contributed by atoms with Gasteiger partial charge in [-0.05, 0) is 49.1 Å². The number of aryl methyl sites for hydroxylation is 1. The fourth-order valence-corrected chi connectivity index (χ4v) is 4.67. The van der Waals surface area contributed by atoms with Gasteiger partial charge in [-0.25, -0.2) is 4.90 Å². The minimum Gasteiger partial charge on any atom is -0.274 e. The Morgan fingerprint density at radius 2 is 1.65 bits per heavy atom. The van der Waals surface area contributed by atoms with Gasteiger partial charge in [-0.2, -0.15) is 0 Å². The largest absolute Gasteiger partial charge is 0.274 e. The molecule has 0 aromatic heterocycles. The lowest BCUT2D eigenvalue weighted by Gasteiger charge is -2.20.